The van der Waals surface area contributed by atoms with E-state index in [-0.39, 0.29) is 0 Å². The van der Waals surface area contributed by atoms with E-state index < -0.39 is 23.9 Å². The summed E-state index contributed by atoms with van der Waals surface area (Å²) >= 11 is 13.0. The molecule has 0 saturated heterocycles. The Hall–Kier alpha value is 1.19. The minimum atomic E-state index is -1.68. The Bertz CT molecular complexity index is 400. The van der Waals surface area contributed by atoms with Crippen LogP contribution in [0.15, 0.2) is 0 Å². The highest BCUT2D eigenvalue weighted by molar-refractivity contribution is 7.33. The lowest BCUT2D eigenvalue weighted by molar-refractivity contribution is 0.387. The van der Waals surface area contributed by atoms with Gasteiger partial charge in [0.25, 0.3) is 0 Å². The van der Waals surface area contributed by atoms with Crippen LogP contribution in [0.5, 0.6) is 0 Å². The second-order valence-electron chi connectivity index (χ2n) is 11.5. The van der Waals surface area contributed by atoms with Crippen molar-refractivity contribution in [2.45, 2.75) is 135 Å². The van der Waals surface area contributed by atoms with Crippen LogP contribution in [0.1, 0.15) is 87.0 Å². The topological polar surface area (TPSA) is 3.24 Å². The fourth-order valence-electron chi connectivity index (χ4n) is 3.88. The van der Waals surface area contributed by atoms with E-state index in [0.29, 0.717) is 16.1 Å². The van der Waals surface area contributed by atoms with Crippen molar-refractivity contribution in [2.24, 2.45) is 0 Å². The lowest BCUT2D eigenvalue weighted by Gasteiger charge is -2.60. The first-order chi connectivity index (χ1) is 12.0. The van der Waals surface area contributed by atoms with Gasteiger partial charge in [-0.1, -0.05) is 107 Å². The Morgan fingerprint density at radius 3 is 1.52 bits per heavy atom. The Kier molecular flexibility index (Phi) is 11.5. The molecule has 27 heavy (non-hydrogen) atoms. The van der Waals surface area contributed by atoms with Crippen molar-refractivity contribution < 1.29 is 0 Å². The predicted octanol–water partition coefficient (Wildman–Crippen LogP) is 8.73. The zero-order chi connectivity index (χ0) is 21.7. The highest BCUT2D eigenvalue weighted by Gasteiger charge is 2.53. The van der Waals surface area contributed by atoms with Crippen molar-refractivity contribution in [3.8, 4) is 0 Å². The van der Waals surface area contributed by atoms with Gasteiger partial charge in [-0.15, -0.1) is 0 Å². The van der Waals surface area contributed by atoms with Gasteiger partial charge < -0.3 is 4.23 Å². The molecule has 0 aromatic rings. The van der Waals surface area contributed by atoms with Crippen molar-refractivity contribution in [1.29, 1.82) is 0 Å². The molecule has 0 spiro atoms. The molecule has 0 N–H and O–H groups in total. The number of hydrogen-bond donors (Lipinski definition) is 0. The van der Waals surface area contributed by atoms with E-state index >= 15 is 0 Å². The number of halogens is 2. The van der Waals surface area contributed by atoms with E-state index in [1.54, 1.807) is 0 Å². The number of nitrogens with zero attached hydrogens (tertiary/aromatic N) is 1. The minimum absolute atomic E-state index is 0.332. The quantitative estimate of drug-likeness (QED) is 0.166. The Labute approximate surface area is 185 Å². The van der Waals surface area contributed by atoms with Gasteiger partial charge in [0.05, 0.1) is 0 Å². The molecule has 6 heteroatoms. The second kappa shape index (κ2) is 11.0. The fourth-order valence-corrected chi connectivity index (χ4v) is 17.7. The van der Waals surface area contributed by atoms with Gasteiger partial charge in [0.2, 0.25) is 7.42 Å². The summed E-state index contributed by atoms with van der Waals surface area (Å²) in [5.74, 6) is 0. The average Bonchev–Trinajstić information content (AvgIpc) is 2.43. The van der Waals surface area contributed by atoms with Crippen molar-refractivity contribution in [3.05, 3.63) is 0 Å². The zero-order valence-electron chi connectivity index (χ0n) is 20.3. The van der Waals surface area contributed by atoms with Crippen molar-refractivity contribution in [3.63, 3.8) is 0 Å². The maximum atomic E-state index is 6.52. The van der Waals surface area contributed by atoms with E-state index in [4.69, 9.17) is 22.2 Å². The van der Waals surface area contributed by atoms with Crippen LogP contribution in [-0.4, -0.2) is 34.2 Å². The molecular weight excluding hydrogens is 421 g/mol. The van der Waals surface area contributed by atoms with Crippen molar-refractivity contribution in [1.82, 2.24) is 4.23 Å². The molecule has 1 atom stereocenters. The molecule has 0 bridgehead atoms. The first kappa shape index (κ1) is 28.2. The second-order valence-corrected chi connectivity index (χ2v) is 27.2. The number of hydrogen-bond acceptors (Lipinski definition) is 1. The zero-order valence-corrected chi connectivity index (χ0v) is 25.0. The third kappa shape index (κ3) is 8.09. The molecule has 0 aromatic heterocycles. The molecule has 0 fully saturated rings. The summed E-state index contributed by atoms with van der Waals surface area (Å²) in [4.78, 5) is 0. The summed E-state index contributed by atoms with van der Waals surface area (Å²) in [5.41, 5.74) is 0. The largest absolute Gasteiger partial charge is 0.342 e. The number of unbranched alkanes of at least 4 members (excludes halogenated alkanes) is 4. The van der Waals surface area contributed by atoms with Gasteiger partial charge >= 0.3 is 0 Å². The Balaban J connectivity index is 5.92. The van der Waals surface area contributed by atoms with Crippen LogP contribution >= 0.6 is 22.2 Å². The Morgan fingerprint density at radius 1 is 0.778 bits per heavy atom. The molecule has 1 nitrogen and oxygen atoms in total. The maximum absolute atomic E-state index is 6.52. The van der Waals surface area contributed by atoms with Gasteiger partial charge in [0.1, 0.15) is 16.5 Å². The summed E-state index contributed by atoms with van der Waals surface area (Å²) < 4.78 is 3.09. The molecule has 0 heterocycles. The summed E-state index contributed by atoms with van der Waals surface area (Å²) in [7, 11) is -5.02. The summed E-state index contributed by atoms with van der Waals surface area (Å²) in [6, 6.07) is 1.61. The van der Waals surface area contributed by atoms with Gasteiger partial charge in [0, 0.05) is 0 Å². The molecular formula is C21H49Cl2NSi3. The van der Waals surface area contributed by atoms with Gasteiger partial charge in [0.15, 0.2) is 0 Å². The lowest BCUT2D eigenvalue weighted by atomic mass is 10.1. The average molecular weight is 471 g/mol. The molecule has 0 rings (SSSR count). The van der Waals surface area contributed by atoms with Crippen LogP contribution < -0.4 is 0 Å². The number of rotatable bonds is 11. The van der Waals surface area contributed by atoms with Gasteiger partial charge in [-0.25, -0.2) is 0 Å². The van der Waals surface area contributed by atoms with E-state index in [1.165, 1.54) is 38.5 Å². The molecule has 1 unspecified atom stereocenters. The standard InChI is InChI=1S/C21H49Cl2NSi3/c1-12-13-14-15-16-17-19(18-25(22)23)24(26(8,9)20(2,3)4)27(10,11)21(5,6)7/h19,25H,12-18H2,1-11H3. The third-order valence-electron chi connectivity index (χ3n) is 7.33. The lowest BCUT2D eigenvalue weighted by Crippen LogP contribution is -2.71. The molecule has 0 aliphatic carbocycles. The van der Waals surface area contributed by atoms with Crippen LogP contribution in [0, 0.1) is 0 Å². The van der Waals surface area contributed by atoms with Crippen LogP contribution in [0.3, 0.4) is 0 Å². The van der Waals surface area contributed by atoms with E-state index in [9.17, 15) is 0 Å². The summed E-state index contributed by atoms with van der Waals surface area (Å²) in [6.45, 7) is 27.4. The SMILES string of the molecule is CCCCCCCC(C[SiH](Cl)Cl)N([Si](C)(C)C(C)(C)C)[Si](C)(C)C(C)(C)C. The van der Waals surface area contributed by atoms with E-state index in [2.05, 4.69) is 78.9 Å². The molecule has 0 amide bonds. The molecule has 0 aliphatic rings. The van der Waals surface area contributed by atoms with Gasteiger partial charge in [-0.3, -0.25) is 0 Å². The van der Waals surface area contributed by atoms with Crippen LogP contribution in [0.25, 0.3) is 0 Å². The maximum Gasteiger partial charge on any atom is 0.238 e. The fraction of sp³-hybridized carbons (Fsp3) is 1.00. The third-order valence-corrected chi connectivity index (χ3v) is 23.1. The molecule has 164 valence electrons. The highest BCUT2D eigenvalue weighted by Crippen LogP contribution is 2.49. The molecule has 0 radical (unpaired) electrons. The van der Waals surface area contributed by atoms with Gasteiger partial charge in [-0.05, 0) is 28.6 Å². The minimum Gasteiger partial charge on any atom is -0.342 e. The van der Waals surface area contributed by atoms with Crippen LogP contribution in [-0.2, 0) is 0 Å². The van der Waals surface area contributed by atoms with E-state index in [1.807, 2.05) is 0 Å². The first-order valence-corrected chi connectivity index (χ1v) is 21.3. The molecule has 0 aliphatic heterocycles. The van der Waals surface area contributed by atoms with Crippen LogP contribution in [0.4, 0.5) is 0 Å². The Morgan fingerprint density at radius 2 is 1.19 bits per heavy atom. The summed E-state index contributed by atoms with van der Waals surface area (Å²) in [6.07, 6.45) is 7.98. The molecule has 0 aromatic carbocycles. The normalized spacial score (nSPS) is 15.7. The predicted molar refractivity (Wildman–Crippen MR) is 137 cm³/mol. The van der Waals surface area contributed by atoms with Crippen LogP contribution in [0.2, 0.25) is 42.3 Å². The first-order valence-electron chi connectivity index (χ1n) is 11.1. The van der Waals surface area contributed by atoms with Gasteiger partial charge in [-0.2, -0.15) is 22.2 Å². The highest BCUT2D eigenvalue weighted by atomic mass is 35.7. The summed E-state index contributed by atoms with van der Waals surface area (Å²) in [5, 5.41) is 0.664. The van der Waals surface area contributed by atoms with Crippen molar-refractivity contribution in [2.75, 3.05) is 0 Å². The monoisotopic (exact) mass is 469 g/mol. The molecule has 0 saturated carbocycles. The van der Waals surface area contributed by atoms with E-state index in [0.717, 1.165) is 6.04 Å². The van der Waals surface area contributed by atoms with Crippen molar-refractivity contribution >= 4 is 46.0 Å². The smallest absolute Gasteiger partial charge is 0.238 e.